The first-order valence-electron chi connectivity index (χ1n) is 4.82. The molecule has 3 heteroatoms. The highest BCUT2D eigenvalue weighted by Crippen LogP contribution is 2.26. The molecule has 0 aliphatic carbocycles. The smallest absolute Gasteiger partial charge is 0.150 e. The Morgan fingerprint density at radius 2 is 2.27 bits per heavy atom. The van der Waals surface area contributed by atoms with E-state index < -0.39 is 0 Å². The number of benzene rings is 1. The third-order valence-electron chi connectivity index (χ3n) is 2.16. The maximum atomic E-state index is 10.7. The fourth-order valence-corrected chi connectivity index (χ4v) is 2.28. The highest BCUT2D eigenvalue weighted by Gasteiger charge is 2.02. The van der Waals surface area contributed by atoms with Gasteiger partial charge in [0.25, 0.3) is 0 Å². The summed E-state index contributed by atoms with van der Waals surface area (Å²) in [4.78, 5) is 16.1. The number of aldehydes is 1. The van der Waals surface area contributed by atoms with Gasteiger partial charge in [-0.3, -0.25) is 9.78 Å². The van der Waals surface area contributed by atoms with E-state index in [0.717, 1.165) is 22.9 Å². The fourth-order valence-electron chi connectivity index (χ4n) is 1.49. The van der Waals surface area contributed by atoms with E-state index in [0.29, 0.717) is 5.56 Å². The minimum Gasteiger partial charge on any atom is -0.298 e. The predicted octanol–water partition coefficient (Wildman–Crippen LogP) is 3.16. The lowest BCUT2D eigenvalue weighted by Gasteiger charge is -2.04. The largest absolute Gasteiger partial charge is 0.298 e. The summed E-state index contributed by atoms with van der Waals surface area (Å²) >= 11 is 1.77. The molecule has 2 rings (SSSR count). The third kappa shape index (κ3) is 2.02. The number of hydrogen-bond acceptors (Lipinski definition) is 3. The molecule has 0 fully saturated rings. The van der Waals surface area contributed by atoms with Crippen LogP contribution < -0.4 is 0 Å². The molecule has 0 spiro atoms. The Hall–Kier alpha value is -1.35. The molecule has 76 valence electrons. The summed E-state index contributed by atoms with van der Waals surface area (Å²) in [6.45, 7) is 2.11. The molecule has 0 saturated carbocycles. The van der Waals surface area contributed by atoms with E-state index >= 15 is 0 Å². The first-order valence-corrected chi connectivity index (χ1v) is 5.80. The molecule has 15 heavy (non-hydrogen) atoms. The van der Waals surface area contributed by atoms with Gasteiger partial charge < -0.3 is 0 Å². The van der Waals surface area contributed by atoms with Crippen molar-refractivity contribution in [3.8, 4) is 0 Å². The van der Waals surface area contributed by atoms with Crippen LogP contribution in [-0.4, -0.2) is 17.0 Å². The van der Waals surface area contributed by atoms with Crippen LogP contribution in [0.5, 0.6) is 0 Å². The van der Waals surface area contributed by atoms with Crippen molar-refractivity contribution in [3.63, 3.8) is 0 Å². The van der Waals surface area contributed by atoms with Gasteiger partial charge in [-0.2, -0.15) is 0 Å². The maximum absolute atomic E-state index is 10.7. The summed E-state index contributed by atoms with van der Waals surface area (Å²) in [5, 5.41) is 1.06. The molecule has 0 atom stereocenters. The van der Waals surface area contributed by atoms with Crippen molar-refractivity contribution in [1.29, 1.82) is 0 Å². The zero-order chi connectivity index (χ0) is 10.7. The number of rotatable bonds is 3. The quantitative estimate of drug-likeness (QED) is 0.584. The van der Waals surface area contributed by atoms with E-state index in [1.54, 1.807) is 24.0 Å². The standard InChI is InChI=1S/C12H11NOS/c1-2-15-12-5-6-13-11-4-3-9(8-14)7-10(11)12/h3-8H,2H2,1H3. The monoisotopic (exact) mass is 217 g/mol. The van der Waals surface area contributed by atoms with Gasteiger partial charge in [0.1, 0.15) is 6.29 Å². The van der Waals surface area contributed by atoms with Crippen LogP contribution in [-0.2, 0) is 0 Å². The second kappa shape index (κ2) is 4.45. The Bertz CT molecular complexity index is 496. The van der Waals surface area contributed by atoms with Gasteiger partial charge in [0.2, 0.25) is 0 Å². The van der Waals surface area contributed by atoms with Gasteiger partial charge in [-0.05, 0) is 30.0 Å². The molecular formula is C12H11NOS. The molecule has 0 aliphatic rings. The molecule has 1 heterocycles. The molecule has 2 nitrogen and oxygen atoms in total. The van der Waals surface area contributed by atoms with Crippen LogP contribution in [0.3, 0.4) is 0 Å². The molecule has 0 N–H and O–H groups in total. The van der Waals surface area contributed by atoms with Gasteiger partial charge in [-0.1, -0.05) is 6.92 Å². The number of carbonyl (C=O) groups excluding carboxylic acids is 1. The fraction of sp³-hybridized carbons (Fsp3) is 0.167. The van der Waals surface area contributed by atoms with E-state index in [9.17, 15) is 4.79 Å². The number of aromatic nitrogens is 1. The molecule has 1 aromatic carbocycles. The minimum atomic E-state index is 0.702. The number of nitrogens with zero attached hydrogens (tertiary/aromatic N) is 1. The SMILES string of the molecule is CCSc1ccnc2ccc(C=O)cc12. The van der Waals surface area contributed by atoms with Crippen LogP contribution in [0.1, 0.15) is 17.3 Å². The van der Waals surface area contributed by atoms with Crippen molar-refractivity contribution >= 4 is 29.0 Å². The number of hydrogen-bond donors (Lipinski definition) is 0. The summed E-state index contributed by atoms with van der Waals surface area (Å²) in [5.41, 5.74) is 1.65. The lowest BCUT2D eigenvalue weighted by Crippen LogP contribution is -1.85. The Labute approximate surface area is 92.7 Å². The topological polar surface area (TPSA) is 30.0 Å². The van der Waals surface area contributed by atoms with Gasteiger partial charge in [-0.25, -0.2) is 0 Å². The van der Waals surface area contributed by atoms with Crippen LogP contribution in [0.15, 0.2) is 35.4 Å². The Morgan fingerprint density at radius 1 is 1.40 bits per heavy atom. The molecule has 0 aliphatic heterocycles. The van der Waals surface area contributed by atoms with Crippen LogP contribution in [0.4, 0.5) is 0 Å². The summed E-state index contributed by atoms with van der Waals surface area (Å²) in [6.07, 6.45) is 2.67. The van der Waals surface area contributed by atoms with E-state index in [1.807, 2.05) is 18.2 Å². The molecule has 0 amide bonds. The Morgan fingerprint density at radius 3 is 3.00 bits per heavy atom. The molecule has 0 unspecified atom stereocenters. The summed E-state index contributed by atoms with van der Waals surface area (Å²) in [6, 6.07) is 7.57. The average Bonchev–Trinajstić information content (AvgIpc) is 2.29. The zero-order valence-corrected chi connectivity index (χ0v) is 9.25. The molecule has 2 aromatic rings. The van der Waals surface area contributed by atoms with Crippen LogP contribution in [0, 0.1) is 0 Å². The zero-order valence-electron chi connectivity index (χ0n) is 8.43. The van der Waals surface area contributed by atoms with E-state index in [2.05, 4.69) is 11.9 Å². The lowest BCUT2D eigenvalue weighted by molar-refractivity contribution is 0.112. The highest BCUT2D eigenvalue weighted by molar-refractivity contribution is 7.99. The lowest BCUT2D eigenvalue weighted by atomic mass is 10.1. The molecule has 0 bridgehead atoms. The van der Waals surface area contributed by atoms with Crippen molar-refractivity contribution < 1.29 is 4.79 Å². The van der Waals surface area contributed by atoms with Crippen molar-refractivity contribution in [2.75, 3.05) is 5.75 Å². The van der Waals surface area contributed by atoms with Gasteiger partial charge in [0.15, 0.2) is 0 Å². The van der Waals surface area contributed by atoms with Crippen LogP contribution in [0.2, 0.25) is 0 Å². The van der Waals surface area contributed by atoms with E-state index in [4.69, 9.17) is 0 Å². The molecule has 1 aromatic heterocycles. The van der Waals surface area contributed by atoms with Gasteiger partial charge in [0.05, 0.1) is 5.52 Å². The third-order valence-corrected chi connectivity index (χ3v) is 3.12. The first-order chi connectivity index (χ1) is 7.35. The van der Waals surface area contributed by atoms with Crippen LogP contribution in [0.25, 0.3) is 10.9 Å². The van der Waals surface area contributed by atoms with Gasteiger partial charge >= 0.3 is 0 Å². The Balaban J connectivity index is 2.64. The number of carbonyl (C=O) groups is 1. The normalized spacial score (nSPS) is 10.5. The van der Waals surface area contributed by atoms with Crippen molar-refractivity contribution in [3.05, 3.63) is 36.0 Å². The average molecular weight is 217 g/mol. The minimum absolute atomic E-state index is 0.702. The maximum Gasteiger partial charge on any atom is 0.150 e. The molecular weight excluding hydrogens is 206 g/mol. The van der Waals surface area contributed by atoms with Gasteiger partial charge in [0, 0.05) is 22.0 Å². The van der Waals surface area contributed by atoms with Crippen molar-refractivity contribution in [1.82, 2.24) is 4.98 Å². The number of pyridine rings is 1. The summed E-state index contributed by atoms with van der Waals surface area (Å²) < 4.78 is 0. The Kier molecular flexibility index (Phi) is 3.02. The summed E-state index contributed by atoms with van der Waals surface area (Å²) in [5.74, 6) is 1.02. The van der Waals surface area contributed by atoms with Crippen molar-refractivity contribution in [2.24, 2.45) is 0 Å². The van der Waals surface area contributed by atoms with Gasteiger partial charge in [-0.15, -0.1) is 11.8 Å². The second-order valence-electron chi connectivity index (χ2n) is 3.14. The number of thioether (sulfide) groups is 1. The first kappa shape index (κ1) is 10.2. The molecule has 0 saturated heterocycles. The predicted molar refractivity (Wildman–Crippen MR) is 63.5 cm³/mol. The van der Waals surface area contributed by atoms with Crippen LogP contribution >= 0.6 is 11.8 Å². The van der Waals surface area contributed by atoms with E-state index in [-0.39, 0.29) is 0 Å². The molecule has 0 radical (unpaired) electrons. The second-order valence-corrected chi connectivity index (χ2v) is 4.44. The summed E-state index contributed by atoms with van der Waals surface area (Å²) in [7, 11) is 0. The highest BCUT2D eigenvalue weighted by atomic mass is 32.2. The van der Waals surface area contributed by atoms with E-state index in [1.165, 1.54) is 4.90 Å². The number of fused-ring (bicyclic) bond motifs is 1. The van der Waals surface area contributed by atoms with Crippen molar-refractivity contribution in [2.45, 2.75) is 11.8 Å².